The maximum atomic E-state index is 11.1. The van der Waals surface area contributed by atoms with Crippen molar-refractivity contribution in [3.05, 3.63) is 11.6 Å². The molecule has 0 saturated heterocycles. The topological polar surface area (TPSA) is 37.3 Å². The van der Waals surface area contributed by atoms with Gasteiger partial charge < -0.3 is 5.11 Å². The van der Waals surface area contributed by atoms with Crippen LogP contribution in [0.15, 0.2) is 11.6 Å². The molecule has 2 nitrogen and oxygen atoms in total. The molecule has 0 fully saturated rings. The van der Waals surface area contributed by atoms with E-state index in [0.29, 0.717) is 0 Å². The predicted molar refractivity (Wildman–Crippen MR) is 49.9 cm³/mol. The third kappa shape index (κ3) is 2.18. The second kappa shape index (κ2) is 3.85. The minimum absolute atomic E-state index is 0.111. The first kappa shape index (κ1) is 11.4. The van der Waals surface area contributed by atoms with Crippen LogP contribution in [0.5, 0.6) is 0 Å². The van der Waals surface area contributed by atoms with E-state index in [1.165, 1.54) is 6.92 Å². The van der Waals surface area contributed by atoms with E-state index in [4.69, 9.17) is 0 Å². The van der Waals surface area contributed by atoms with Gasteiger partial charge in [0.15, 0.2) is 5.78 Å². The summed E-state index contributed by atoms with van der Waals surface area (Å²) in [5.74, 6) is -0.295. The molecule has 1 N–H and O–H groups in total. The van der Waals surface area contributed by atoms with E-state index in [1.807, 2.05) is 26.8 Å². The summed E-state index contributed by atoms with van der Waals surface area (Å²) in [5, 5.41) is 9.77. The van der Waals surface area contributed by atoms with Gasteiger partial charge in [-0.15, -0.1) is 0 Å². The largest absolute Gasteiger partial charge is 0.382 e. The van der Waals surface area contributed by atoms with Gasteiger partial charge in [-0.2, -0.15) is 0 Å². The molecular formula is C10H18O2. The minimum atomic E-state index is -1.23. The zero-order chi connectivity index (χ0) is 9.94. The first-order chi connectivity index (χ1) is 5.34. The number of carbonyl (C=O) groups excluding carboxylic acids is 1. The lowest BCUT2D eigenvalue weighted by Gasteiger charge is -2.28. The Kier molecular flexibility index (Phi) is 3.65. The van der Waals surface area contributed by atoms with Crippen LogP contribution in [-0.2, 0) is 4.79 Å². The number of Topliss-reactive ketones (excluding diaryl/α,β-unsaturated/α-hetero) is 1. The number of rotatable bonds is 3. The Hall–Kier alpha value is -0.630. The van der Waals surface area contributed by atoms with Gasteiger partial charge in [-0.1, -0.05) is 18.6 Å². The summed E-state index contributed by atoms with van der Waals surface area (Å²) in [6.07, 6.45) is 1.92. The van der Waals surface area contributed by atoms with E-state index < -0.39 is 5.60 Å². The summed E-state index contributed by atoms with van der Waals surface area (Å²) in [5.41, 5.74) is -0.188. The molecule has 0 unspecified atom stereocenters. The maximum Gasteiger partial charge on any atom is 0.161 e. The Morgan fingerprint density at radius 2 is 1.92 bits per heavy atom. The number of hydrogen-bond donors (Lipinski definition) is 1. The van der Waals surface area contributed by atoms with Gasteiger partial charge >= 0.3 is 0 Å². The summed E-state index contributed by atoms with van der Waals surface area (Å²) < 4.78 is 0. The average molecular weight is 170 g/mol. The molecule has 2 heteroatoms. The average Bonchev–Trinajstić information content (AvgIpc) is 2.01. The number of carbonyl (C=O) groups is 1. The molecule has 0 aromatic rings. The van der Waals surface area contributed by atoms with E-state index in [1.54, 1.807) is 6.92 Å². The van der Waals surface area contributed by atoms with E-state index in [0.717, 1.165) is 5.57 Å². The van der Waals surface area contributed by atoms with Crippen LogP contribution < -0.4 is 0 Å². The Balaban J connectivity index is 4.68. The van der Waals surface area contributed by atoms with Gasteiger partial charge in [0.1, 0.15) is 5.60 Å². The van der Waals surface area contributed by atoms with Crippen LogP contribution in [0, 0.1) is 5.92 Å². The van der Waals surface area contributed by atoms with Gasteiger partial charge in [-0.05, 0) is 27.7 Å². The Bertz CT molecular complexity index is 202. The van der Waals surface area contributed by atoms with Crippen molar-refractivity contribution in [1.82, 2.24) is 0 Å². The highest BCUT2D eigenvalue weighted by Crippen LogP contribution is 2.24. The quantitative estimate of drug-likeness (QED) is 0.657. The standard InChI is InChI=1S/C10H18O2/c1-6-7(2)8(3)10(5,12)9(4)11/h6,8,12H,1-5H3/b7-6+/t8-,10-/m1/s1. The number of hydrogen-bond acceptors (Lipinski definition) is 2. The van der Waals surface area contributed by atoms with Crippen molar-refractivity contribution < 1.29 is 9.90 Å². The van der Waals surface area contributed by atoms with Crippen molar-refractivity contribution in [3.8, 4) is 0 Å². The molecule has 0 aliphatic carbocycles. The molecule has 0 bridgehead atoms. The van der Waals surface area contributed by atoms with Gasteiger partial charge in [0.2, 0.25) is 0 Å². The van der Waals surface area contributed by atoms with Crippen LogP contribution in [-0.4, -0.2) is 16.5 Å². The molecule has 0 amide bonds. The third-order valence-corrected chi connectivity index (χ3v) is 2.69. The summed E-state index contributed by atoms with van der Waals surface area (Å²) in [6.45, 7) is 8.66. The molecule has 0 aromatic carbocycles. The van der Waals surface area contributed by atoms with Crippen molar-refractivity contribution in [2.75, 3.05) is 0 Å². The SMILES string of the molecule is C/C=C(\C)[C@@H](C)[C@@](C)(O)C(C)=O. The number of allylic oxidation sites excluding steroid dienone is 1. The zero-order valence-corrected chi connectivity index (χ0v) is 8.51. The fraction of sp³-hybridized carbons (Fsp3) is 0.700. The highest BCUT2D eigenvalue weighted by atomic mass is 16.3. The van der Waals surface area contributed by atoms with Crippen molar-refractivity contribution in [3.63, 3.8) is 0 Å². The highest BCUT2D eigenvalue weighted by molar-refractivity contribution is 5.84. The zero-order valence-electron chi connectivity index (χ0n) is 8.51. The smallest absolute Gasteiger partial charge is 0.161 e. The lowest BCUT2D eigenvalue weighted by Crippen LogP contribution is -2.40. The summed E-state index contributed by atoms with van der Waals surface area (Å²) >= 11 is 0. The van der Waals surface area contributed by atoms with Crippen LogP contribution in [0.25, 0.3) is 0 Å². The molecule has 0 rings (SSSR count). The second-order valence-electron chi connectivity index (χ2n) is 3.46. The summed E-state index contributed by atoms with van der Waals surface area (Å²) in [4.78, 5) is 11.1. The normalized spacial score (nSPS) is 20.0. The summed E-state index contributed by atoms with van der Waals surface area (Å²) in [7, 11) is 0. The van der Waals surface area contributed by atoms with E-state index in [2.05, 4.69) is 0 Å². The van der Waals surface area contributed by atoms with Crippen molar-refractivity contribution in [2.45, 2.75) is 40.2 Å². The van der Waals surface area contributed by atoms with Gasteiger partial charge in [-0.25, -0.2) is 0 Å². The lowest BCUT2D eigenvalue weighted by atomic mass is 9.82. The Morgan fingerprint density at radius 1 is 1.50 bits per heavy atom. The van der Waals surface area contributed by atoms with Crippen LogP contribution in [0.2, 0.25) is 0 Å². The molecule has 0 heterocycles. The molecule has 2 atom stereocenters. The molecule has 0 saturated carbocycles. The lowest BCUT2D eigenvalue weighted by molar-refractivity contribution is -0.136. The van der Waals surface area contributed by atoms with Crippen LogP contribution >= 0.6 is 0 Å². The minimum Gasteiger partial charge on any atom is -0.382 e. The number of ketones is 1. The van der Waals surface area contributed by atoms with Gasteiger partial charge in [0.25, 0.3) is 0 Å². The fourth-order valence-corrected chi connectivity index (χ4v) is 0.998. The molecule has 12 heavy (non-hydrogen) atoms. The summed E-state index contributed by atoms with van der Waals surface area (Å²) in [6, 6.07) is 0. The molecule has 0 aromatic heterocycles. The van der Waals surface area contributed by atoms with E-state index in [-0.39, 0.29) is 11.7 Å². The molecule has 0 aliphatic heterocycles. The first-order valence-electron chi connectivity index (χ1n) is 4.20. The molecule has 0 spiro atoms. The van der Waals surface area contributed by atoms with E-state index >= 15 is 0 Å². The van der Waals surface area contributed by atoms with Gasteiger partial charge in [0, 0.05) is 5.92 Å². The van der Waals surface area contributed by atoms with Crippen molar-refractivity contribution in [1.29, 1.82) is 0 Å². The second-order valence-corrected chi connectivity index (χ2v) is 3.46. The van der Waals surface area contributed by atoms with E-state index in [9.17, 15) is 9.90 Å². The number of aliphatic hydroxyl groups is 1. The molecule has 0 aliphatic rings. The predicted octanol–water partition coefficient (Wildman–Crippen LogP) is 1.93. The highest BCUT2D eigenvalue weighted by Gasteiger charge is 2.33. The molecule has 0 radical (unpaired) electrons. The van der Waals surface area contributed by atoms with Crippen LogP contribution in [0.3, 0.4) is 0 Å². The monoisotopic (exact) mass is 170 g/mol. The van der Waals surface area contributed by atoms with Crippen molar-refractivity contribution >= 4 is 5.78 Å². The Morgan fingerprint density at radius 3 is 2.17 bits per heavy atom. The third-order valence-electron chi connectivity index (χ3n) is 2.69. The van der Waals surface area contributed by atoms with Gasteiger partial charge in [0.05, 0.1) is 0 Å². The fourth-order valence-electron chi connectivity index (χ4n) is 0.998. The van der Waals surface area contributed by atoms with Crippen LogP contribution in [0.1, 0.15) is 34.6 Å². The maximum absolute atomic E-state index is 11.1. The molecular weight excluding hydrogens is 152 g/mol. The van der Waals surface area contributed by atoms with Crippen LogP contribution in [0.4, 0.5) is 0 Å². The molecule has 70 valence electrons. The van der Waals surface area contributed by atoms with Gasteiger partial charge in [-0.3, -0.25) is 4.79 Å². The first-order valence-corrected chi connectivity index (χ1v) is 4.20. The van der Waals surface area contributed by atoms with Crippen molar-refractivity contribution in [2.24, 2.45) is 5.92 Å². The Labute approximate surface area is 74.3 Å².